The van der Waals surface area contributed by atoms with Gasteiger partial charge in [0.1, 0.15) is 0 Å². The molecule has 1 heterocycles. The SMILES string of the molecule is CCC(NC(=O)CC1CCS(=O)(=O)C1)c1ccc(Br)cc1. The summed E-state index contributed by atoms with van der Waals surface area (Å²) in [6, 6.07) is 7.85. The number of rotatable bonds is 5. The van der Waals surface area contributed by atoms with Crippen molar-refractivity contribution >= 4 is 31.7 Å². The van der Waals surface area contributed by atoms with E-state index in [2.05, 4.69) is 21.2 Å². The van der Waals surface area contributed by atoms with Crippen LogP contribution in [0.1, 0.15) is 37.8 Å². The Morgan fingerprint density at radius 2 is 2.05 bits per heavy atom. The predicted molar refractivity (Wildman–Crippen MR) is 86.7 cm³/mol. The highest BCUT2D eigenvalue weighted by molar-refractivity contribution is 9.10. The average molecular weight is 374 g/mol. The summed E-state index contributed by atoms with van der Waals surface area (Å²) >= 11 is 3.39. The number of carbonyl (C=O) groups excluding carboxylic acids is 1. The smallest absolute Gasteiger partial charge is 0.220 e. The third-order valence-corrected chi connectivity index (χ3v) is 6.18. The van der Waals surface area contributed by atoms with Crippen molar-refractivity contribution in [1.82, 2.24) is 5.32 Å². The molecule has 2 rings (SSSR count). The van der Waals surface area contributed by atoms with E-state index in [1.807, 2.05) is 31.2 Å². The van der Waals surface area contributed by atoms with Gasteiger partial charge in [0, 0.05) is 10.9 Å². The van der Waals surface area contributed by atoms with Crippen molar-refractivity contribution in [1.29, 1.82) is 0 Å². The molecule has 1 fully saturated rings. The molecular weight excluding hydrogens is 354 g/mol. The minimum atomic E-state index is -2.92. The summed E-state index contributed by atoms with van der Waals surface area (Å²) in [5.41, 5.74) is 1.06. The van der Waals surface area contributed by atoms with Crippen molar-refractivity contribution in [3.63, 3.8) is 0 Å². The predicted octanol–water partition coefficient (Wildman–Crippen LogP) is 2.84. The van der Waals surface area contributed by atoms with E-state index in [0.29, 0.717) is 12.8 Å². The maximum atomic E-state index is 12.1. The third-order valence-electron chi connectivity index (χ3n) is 3.82. The highest BCUT2D eigenvalue weighted by atomic mass is 79.9. The molecule has 1 aliphatic heterocycles. The highest BCUT2D eigenvalue weighted by Crippen LogP contribution is 2.23. The fourth-order valence-corrected chi connectivity index (χ4v) is 4.79. The molecule has 1 amide bonds. The molecule has 0 radical (unpaired) electrons. The first-order valence-electron chi connectivity index (χ1n) is 7.15. The van der Waals surface area contributed by atoms with Crippen LogP contribution in [-0.2, 0) is 14.6 Å². The van der Waals surface area contributed by atoms with E-state index in [4.69, 9.17) is 0 Å². The highest BCUT2D eigenvalue weighted by Gasteiger charge is 2.29. The van der Waals surface area contributed by atoms with Gasteiger partial charge in [0.2, 0.25) is 5.91 Å². The fraction of sp³-hybridized carbons (Fsp3) is 0.533. The maximum Gasteiger partial charge on any atom is 0.220 e. The summed E-state index contributed by atoms with van der Waals surface area (Å²) in [4.78, 5) is 12.1. The van der Waals surface area contributed by atoms with E-state index in [1.165, 1.54) is 0 Å². The number of hydrogen-bond donors (Lipinski definition) is 1. The molecule has 0 spiro atoms. The van der Waals surface area contributed by atoms with Crippen molar-refractivity contribution < 1.29 is 13.2 Å². The maximum absolute atomic E-state index is 12.1. The summed E-state index contributed by atoms with van der Waals surface area (Å²) in [6.07, 6.45) is 1.70. The Kier molecular flexibility index (Phi) is 5.43. The third kappa shape index (κ3) is 4.81. The van der Waals surface area contributed by atoms with Crippen molar-refractivity contribution in [3.8, 4) is 0 Å². The summed E-state index contributed by atoms with van der Waals surface area (Å²) < 4.78 is 23.8. The Balaban J connectivity index is 1.92. The van der Waals surface area contributed by atoms with Gasteiger partial charge in [-0.3, -0.25) is 4.79 Å². The van der Waals surface area contributed by atoms with Gasteiger partial charge in [-0.2, -0.15) is 0 Å². The largest absolute Gasteiger partial charge is 0.349 e. The Labute approximate surface area is 134 Å². The van der Waals surface area contributed by atoms with E-state index in [-0.39, 0.29) is 29.4 Å². The number of hydrogen-bond acceptors (Lipinski definition) is 3. The second kappa shape index (κ2) is 6.92. The lowest BCUT2D eigenvalue weighted by atomic mass is 10.0. The number of benzene rings is 1. The van der Waals surface area contributed by atoms with Gasteiger partial charge in [0.15, 0.2) is 9.84 Å². The molecule has 1 aliphatic rings. The van der Waals surface area contributed by atoms with Crippen molar-refractivity contribution in [3.05, 3.63) is 34.3 Å². The fourth-order valence-electron chi connectivity index (χ4n) is 2.66. The first-order chi connectivity index (χ1) is 9.89. The van der Waals surface area contributed by atoms with Crippen LogP contribution in [-0.4, -0.2) is 25.8 Å². The molecule has 0 aromatic heterocycles. The number of amides is 1. The Hall–Kier alpha value is -0.880. The Morgan fingerprint density at radius 3 is 2.57 bits per heavy atom. The van der Waals surface area contributed by atoms with Crippen LogP contribution in [0.15, 0.2) is 28.7 Å². The van der Waals surface area contributed by atoms with Crippen LogP contribution in [0.3, 0.4) is 0 Å². The first kappa shape index (κ1) is 16.5. The van der Waals surface area contributed by atoms with E-state index in [0.717, 1.165) is 16.5 Å². The topological polar surface area (TPSA) is 63.2 Å². The van der Waals surface area contributed by atoms with E-state index in [9.17, 15) is 13.2 Å². The molecule has 1 N–H and O–H groups in total. The van der Waals surface area contributed by atoms with Gasteiger partial charge in [-0.05, 0) is 36.5 Å². The quantitative estimate of drug-likeness (QED) is 0.862. The van der Waals surface area contributed by atoms with Crippen LogP contribution in [0.25, 0.3) is 0 Å². The van der Waals surface area contributed by atoms with Gasteiger partial charge in [-0.25, -0.2) is 8.42 Å². The van der Waals surface area contributed by atoms with Gasteiger partial charge in [0.05, 0.1) is 17.5 Å². The number of halogens is 1. The van der Waals surface area contributed by atoms with Crippen molar-refractivity contribution in [2.45, 2.75) is 32.2 Å². The standard InChI is InChI=1S/C15H20BrNO3S/c1-2-14(12-3-5-13(16)6-4-12)17-15(18)9-11-7-8-21(19,20)10-11/h3-6,11,14H,2,7-10H2,1H3,(H,17,18). The molecule has 21 heavy (non-hydrogen) atoms. The molecule has 2 unspecified atom stereocenters. The molecular formula is C15H20BrNO3S. The molecule has 116 valence electrons. The zero-order valence-corrected chi connectivity index (χ0v) is 14.4. The molecule has 1 aromatic rings. The average Bonchev–Trinajstić information content (AvgIpc) is 2.76. The number of nitrogens with one attached hydrogen (secondary N) is 1. The van der Waals surface area contributed by atoms with E-state index in [1.54, 1.807) is 0 Å². The van der Waals surface area contributed by atoms with Gasteiger partial charge in [-0.15, -0.1) is 0 Å². The molecule has 4 nitrogen and oxygen atoms in total. The van der Waals surface area contributed by atoms with E-state index < -0.39 is 9.84 Å². The van der Waals surface area contributed by atoms with Crippen molar-refractivity contribution in [2.75, 3.05) is 11.5 Å². The summed E-state index contributed by atoms with van der Waals surface area (Å²) in [7, 11) is -2.92. The second-order valence-electron chi connectivity index (χ2n) is 5.55. The van der Waals surface area contributed by atoms with Gasteiger partial charge in [-0.1, -0.05) is 35.0 Å². The zero-order valence-electron chi connectivity index (χ0n) is 12.0. The molecule has 6 heteroatoms. The first-order valence-corrected chi connectivity index (χ1v) is 9.76. The van der Waals surface area contributed by atoms with Gasteiger partial charge >= 0.3 is 0 Å². The second-order valence-corrected chi connectivity index (χ2v) is 8.70. The Morgan fingerprint density at radius 1 is 1.38 bits per heavy atom. The molecule has 1 aromatic carbocycles. The van der Waals surface area contributed by atoms with Crippen LogP contribution in [0.5, 0.6) is 0 Å². The lowest BCUT2D eigenvalue weighted by Crippen LogP contribution is -2.29. The summed E-state index contributed by atoms with van der Waals surface area (Å²) in [5.74, 6) is 0.272. The minimum Gasteiger partial charge on any atom is -0.349 e. The van der Waals surface area contributed by atoms with Crippen molar-refractivity contribution in [2.24, 2.45) is 5.92 Å². The normalized spacial score (nSPS) is 21.9. The summed E-state index contributed by atoms with van der Waals surface area (Å²) in [5, 5.41) is 3.01. The molecule has 2 atom stereocenters. The monoisotopic (exact) mass is 373 g/mol. The van der Waals surface area contributed by atoms with E-state index >= 15 is 0 Å². The molecule has 0 aliphatic carbocycles. The Bertz CT molecular complexity index is 598. The van der Waals surface area contributed by atoms with Crippen LogP contribution in [0, 0.1) is 5.92 Å². The lowest BCUT2D eigenvalue weighted by Gasteiger charge is -2.18. The molecule has 1 saturated heterocycles. The van der Waals surface area contributed by atoms with Crippen LogP contribution in [0.2, 0.25) is 0 Å². The number of sulfone groups is 1. The van der Waals surface area contributed by atoms with Crippen LogP contribution in [0.4, 0.5) is 0 Å². The zero-order chi connectivity index (χ0) is 15.5. The summed E-state index contributed by atoms with van der Waals surface area (Å²) in [6.45, 7) is 2.02. The molecule has 0 bridgehead atoms. The van der Waals surface area contributed by atoms with Crippen LogP contribution < -0.4 is 5.32 Å². The lowest BCUT2D eigenvalue weighted by molar-refractivity contribution is -0.122. The minimum absolute atomic E-state index is 0.0244. The van der Waals surface area contributed by atoms with Gasteiger partial charge in [0.25, 0.3) is 0 Å². The van der Waals surface area contributed by atoms with Crippen LogP contribution >= 0.6 is 15.9 Å². The molecule has 0 saturated carbocycles. The van der Waals surface area contributed by atoms with Gasteiger partial charge < -0.3 is 5.32 Å². The number of carbonyl (C=O) groups is 1.